The van der Waals surface area contributed by atoms with Gasteiger partial charge in [-0.3, -0.25) is 14.9 Å². The van der Waals surface area contributed by atoms with E-state index >= 15 is 0 Å². The topological polar surface area (TPSA) is 98.9 Å². The van der Waals surface area contributed by atoms with E-state index in [1.54, 1.807) is 12.1 Å². The smallest absolute Gasteiger partial charge is 0.269 e. The molecule has 1 aliphatic rings. The summed E-state index contributed by atoms with van der Waals surface area (Å²) in [4.78, 5) is 22.7. The van der Waals surface area contributed by atoms with Crippen LogP contribution in [-0.4, -0.2) is 22.9 Å². The summed E-state index contributed by atoms with van der Waals surface area (Å²) in [5, 5.41) is 20.8. The number of Topliss-reactive ketones (excluding diaryl/α,β-unsaturated/α-hetero) is 1. The summed E-state index contributed by atoms with van der Waals surface area (Å²) in [5.41, 5.74) is 0.561. The molecule has 118 valence electrons. The van der Waals surface area contributed by atoms with Crippen molar-refractivity contribution in [2.45, 2.75) is 12.5 Å². The number of phenolic OH excluding ortho intramolecular Hbond substituents is 1. The van der Waals surface area contributed by atoms with E-state index in [-0.39, 0.29) is 35.0 Å². The Morgan fingerprint density at radius 1 is 1.35 bits per heavy atom. The molecule has 0 bridgehead atoms. The SMILES string of the molecule is COc1cc(O)c2c(c1)OC(c1cccc([N+](=O)[O-])c1)CC2=O. The van der Waals surface area contributed by atoms with Gasteiger partial charge in [0, 0.05) is 24.3 Å². The highest BCUT2D eigenvalue weighted by Gasteiger charge is 2.31. The van der Waals surface area contributed by atoms with E-state index in [9.17, 15) is 20.0 Å². The predicted molar refractivity (Wildman–Crippen MR) is 80.1 cm³/mol. The van der Waals surface area contributed by atoms with E-state index in [4.69, 9.17) is 9.47 Å². The fourth-order valence-electron chi connectivity index (χ4n) is 2.56. The van der Waals surface area contributed by atoms with E-state index in [2.05, 4.69) is 0 Å². The van der Waals surface area contributed by atoms with Crippen molar-refractivity contribution in [3.05, 3.63) is 57.6 Å². The molecule has 3 rings (SSSR count). The van der Waals surface area contributed by atoms with Crippen molar-refractivity contribution in [3.8, 4) is 17.2 Å². The fourth-order valence-corrected chi connectivity index (χ4v) is 2.56. The summed E-state index contributed by atoms with van der Waals surface area (Å²) in [7, 11) is 1.43. The van der Waals surface area contributed by atoms with Crippen LogP contribution in [0.2, 0.25) is 0 Å². The minimum atomic E-state index is -0.651. The van der Waals surface area contributed by atoms with Crippen molar-refractivity contribution in [3.63, 3.8) is 0 Å². The van der Waals surface area contributed by atoms with Gasteiger partial charge in [0.1, 0.15) is 28.9 Å². The number of hydrogen-bond acceptors (Lipinski definition) is 6. The van der Waals surface area contributed by atoms with Gasteiger partial charge in [-0.15, -0.1) is 0 Å². The molecule has 0 fully saturated rings. The first-order valence-corrected chi connectivity index (χ1v) is 6.85. The quantitative estimate of drug-likeness (QED) is 0.690. The minimum Gasteiger partial charge on any atom is -0.507 e. The number of benzene rings is 2. The van der Waals surface area contributed by atoms with Crippen LogP contribution in [0.4, 0.5) is 5.69 Å². The molecule has 0 saturated carbocycles. The summed E-state index contributed by atoms with van der Waals surface area (Å²) in [6.45, 7) is 0. The van der Waals surface area contributed by atoms with E-state index in [1.807, 2.05) is 0 Å². The minimum absolute atomic E-state index is 0.00590. The molecular weight excluding hydrogens is 302 g/mol. The Labute approximate surface area is 131 Å². The molecule has 2 aromatic carbocycles. The molecule has 2 aromatic rings. The maximum Gasteiger partial charge on any atom is 0.269 e. The number of ether oxygens (including phenoxy) is 2. The van der Waals surface area contributed by atoms with Crippen LogP contribution in [0.25, 0.3) is 0 Å². The molecule has 0 spiro atoms. The lowest BCUT2D eigenvalue weighted by Crippen LogP contribution is -2.20. The first-order valence-electron chi connectivity index (χ1n) is 6.85. The van der Waals surface area contributed by atoms with Gasteiger partial charge < -0.3 is 14.6 Å². The molecule has 7 nitrogen and oxygen atoms in total. The van der Waals surface area contributed by atoms with E-state index in [0.29, 0.717) is 11.3 Å². The predicted octanol–water partition coefficient (Wildman–Crippen LogP) is 3.02. The lowest BCUT2D eigenvalue weighted by Gasteiger charge is -2.26. The first kappa shape index (κ1) is 14.8. The molecule has 0 aliphatic carbocycles. The Balaban J connectivity index is 2.00. The Bertz CT molecular complexity index is 801. The number of aromatic hydroxyl groups is 1. The number of nitro benzene ring substituents is 1. The van der Waals surface area contributed by atoms with Crippen LogP contribution in [0.3, 0.4) is 0 Å². The van der Waals surface area contributed by atoms with Gasteiger partial charge in [-0.2, -0.15) is 0 Å². The number of nitro groups is 1. The summed E-state index contributed by atoms with van der Waals surface area (Å²) < 4.78 is 10.8. The molecule has 0 radical (unpaired) electrons. The van der Waals surface area contributed by atoms with E-state index < -0.39 is 11.0 Å². The molecule has 0 amide bonds. The number of carbonyl (C=O) groups excluding carboxylic acids is 1. The number of rotatable bonds is 3. The number of non-ortho nitro benzene ring substituents is 1. The van der Waals surface area contributed by atoms with Crippen LogP contribution in [0.15, 0.2) is 36.4 Å². The number of hydrogen-bond donors (Lipinski definition) is 1. The fraction of sp³-hybridized carbons (Fsp3) is 0.188. The molecule has 1 atom stereocenters. The number of ketones is 1. The van der Waals surface area contributed by atoms with Crippen molar-refractivity contribution in [2.75, 3.05) is 7.11 Å². The molecule has 23 heavy (non-hydrogen) atoms. The normalized spacial score (nSPS) is 16.4. The maximum absolute atomic E-state index is 12.3. The monoisotopic (exact) mass is 315 g/mol. The molecule has 1 heterocycles. The third-order valence-electron chi connectivity index (χ3n) is 3.66. The number of phenols is 1. The second-order valence-electron chi connectivity index (χ2n) is 5.11. The molecule has 1 N–H and O–H groups in total. The average Bonchev–Trinajstić information content (AvgIpc) is 2.54. The Kier molecular flexibility index (Phi) is 3.61. The highest BCUT2D eigenvalue weighted by molar-refractivity contribution is 6.02. The van der Waals surface area contributed by atoms with Crippen LogP contribution in [0.5, 0.6) is 17.2 Å². The number of methoxy groups -OCH3 is 1. The van der Waals surface area contributed by atoms with Crippen LogP contribution in [-0.2, 0) is 0 Å². The molecule has 1 aliphatic heterocycles. The molecule has 1 unspecified atom stereocenters. The van der Waals surface area contributed by atoms with Gasteiger partial charge in [0.15, 0.2) is 5.78 Å². The zero-order valence-corrected chi connectivity index (χ0v) is 12.2. The average molecular weight is 315 g/mol. The maximum atomic E-state index is 12.3. The van der Waals surface area contributed by atoms with Gasteiger partial charge in [0.05, 0.1) is 18.5 Å². The van der Waals surface area contributed by atoms with Crippen LogP contribution in [0.1, 0.15) is 28.4 Å². The van der Waals surface area contributed by atoms with Crippen molar-refractivity contribution >= 4 is 11.5 Å². The Morgan fingerprint density at radius 2 is 2.13 bits per heavy atom. The number of fused-ring (bicyclic) bond motifs is 1. The highest BCUT2D eigenvalue weighted by atomic mass is 16.6. The summed E-state index contributed by atoms with van der Waals surface area (Å²) >= 11 is 0. The van der Waals surface area contributed by atoms with Crippen LogP contribution in [0, 0.1) is 10.1 Å². The van der Waals surface area contributed by atoms with Gasteiger partial charge in [-0.25, -0.2) is 0 Å². The second kappa shape index (κ2) is 5.60. The summed E-state index contributed by atoms with van der Waals surface area (Å²) in [5.74, 6) is 0.0631. The summed E-state index contributed by atoms with van der Waals surface area (Å²) in [6, 6.07) is 8.81. The first-order chi connectivity index (χ1) is 11.0. The van der Waals surface area contributed by atoms with Gasteiger partial charge in [-0.05, 0) is 5.56 Å². The number of nitrogens with zero attached hydrogens (tertiary/aromatic N) is 1. The second-order valence-corrected chi connectivity index (χ2v) is 5.11. The molecule has 0 saturated heterocycles. The molecular formula is C16H13NO6. The van der Waals surface area contributed by atoms with Gasteiger partial charge in [0.2, 0.25) is 0 Å². The number of carbonyl (C=O) groups is 1. The van der Waals surface area contributed by atoms with Crippen LogP contribution >= 0.6 is 0 Å². The van der Waals surface area contributed by atoms with Crippen LogP contribution < -0.4 is 9.47 Å². The zero-order valence-electron chi connectivity index (χ0n) is 12.2. The van der Waals surface area contributed by atoms with Gasteiger partial charge in [-0.1, -0.05) is 12.1 Å². The largest absolute Gasteiger partial charge is 0.507 e. The van der Waals surface area contributed by atoms with E-state index in [1.165, 1.54) is 31.4 Å². The van der Waals surface area contributed by atoms with Crippen molar-refractivity contribution in [1.29, 1.82) is 0 Å². The molecule has 7 heteroatoms. The van der Waals surface area contributed by atoms with Gasteiger partial charge >= 0.3 is 0 Å². The van der Waals surface area contributed by atoms with E-state index in [0.717, 1.165) is 0 Å². The highest BCUT2D eigenvalue weighted by Crippen LogP contribution is 2.42. The summed E-state index contributed by atoms with van der Waals surface area (Å²) in [6.07, 6.45) is -0.657. The third-order valence-corrected chi connectivity index (χ3v) is 3.66. The Hall–Kier alpha value is -3.09. The lowest BCUT2D eigenvalue weighted by molar-refractivity contribution is -0.385. The third kappa shape index (κ3) is 2.68. The lowest BCUT2D eigenvalue weighted by atomic mass is 9.95. The van der Waals surface area contributed by atoms with Gasteiger partial charge in [0.25, 0.3) is 5.69 Å². The zero-order chi connectivity index (χ0) is 16.6. The molecule has 0 aromatic heterocycles. The Morgan fingerprint density at radius 3 is 2.83 bits per heavy atom. The van der Waals surface area contributed by atoms with Crippen molar-refractivity contribution < 1.29 is 24.3 Å². The standard InChI is InChI=1S/C16H13NO6/c1-22-11-6-12(18)16-13(19)8-14(23-15(16)7-11)9-3-2-4-10(5-9)17(20)21/h2-7,14,18H,8H2,1H3. The van der Waals surface area contributed by atoms with Crippen molar-refractivity contribution in [2.24, 2.45) is 0 Å². The van der Waals surface area contributed by atoms with Crippen molar-refractivity contribution in [1.82, 2.24) is 0 Å².